The zero-order chi connectivity index (χ0) is 18.7. The summed E-state index contributed by atoms with van der Waals surface area (Å²) in [7, 11) is -2.70. The van der Waals surface area contributed by atoms with Crippen LogP contribution >= 0.6 is 0 Å². The molecule has 2 aromatic carbocycles. The third kappa shape index (κ3) is 5.26. The van der Waals surface area contributed by atoms with E-state index in [1.165, 1.54) is 13.2 Å². The van der Waals surface area contributed by atoms with Crippen molar-refractivity contribution in [3.8, 4) is 0 Å². The van der Waals surface area contributed by atoms with Gasteiger partial charge in [0.2, 0.25) is 10.0 Å². The van der Waals surface area contributed by atoms with Gasteiger partial charge in [-0.2, -0.15) is 4.72 Å². The van der Waals surface area contributed by atoms with Crippen LogP contribution in [0.25, 0.3) is 10.8 Å². The van der Waals surface area contributed by atoms with Gasteiger partial charge in [-0.15, -0.1) is 0 Å². The van der Waals surface area contributed by atoms with Gasteiger partial charge in [-0.3, -0.25) is 4.79 Å². The highest BCUT2D eigenvalue weighted by Gasteiger charge is 2.28. The average molecular weight is 365 g/mol. The molecule has 0 amide bonds. The largest absolute Gasteiger partial charge is 0.468 e. The second kappa shape index (κ2) is 7.51. The van der Waals surface area contributed by atoms with Gasteiger partial charge in [-0.25, -0.2) is 8.42 Å². The summed E-state index contributed by atoms with van der Waals surface area (Å²) >= 11 is 0. The lowest BCUT2D eigenvalue weighted by molar-refractivity contribution is -0.145. The van der Waals surface area contributed by atoms with E-state index in [4.69, 9.17) is 4.74 Å². The molecular weight excluding hydrogens is 342 g/mol. The number of hydrogen-bond acceptors (Lipinski definition) is 5. The maximum absolute atomic E-state index is 12.7. The van der Waals surface area contributed by atoms with Gasteiger partial charge in [0.05, 0.1) is 24.2 Å². The topological polar surface area (TPSA) is 81.7 Å². The predicted molar refractivity (Wildman–Crippen MR) is 95.8 cm³/mol. The van der Waals surface area contributed by atoms with Crippen molar-refractivity contribution in [2.75, 3.05) is 13.7 Å². The number of ether oxygens (including phenoxy) is 2. The third-order valence-electron chi connectivity index (χ3n) is 3.50. The molecular formula is C18H23NO5S. The highest BCUT2D eigenvalue weighted by molar-refractivity contribution is 7.89. The summed E-state index contributed by atoms with van der Waals surface area (Å²) in [5, 5.41) is 1.73. The summed E-state index contributed by atoms with van der Waals surface area (Å²) in [4.78, 5) is 12.0. The Labute approximate surface area is 148 Å². The molecule has 1 unspecified atom stereocenters. The Hall–Kier alpha value is -1.96. The van der Waals surface area contributed by atoms with Gasteiger partial charge in [0.25, 0.3) is 0 Å². The molecule has 2 rings (SSSR count). The van der Waals surface area contributed by atoms with Gasteiger partial charge >= 0.3 is 5.97 Å². The molecule has 0 aliphatic carbocycles. The third-order valence-corrected chi connectivity index (χ3v) is 4.97. The minimum atomic E-state index is -3.90. The first kappa shape index (κ1) is 19.4. The van der Waals surface area contributed by atoms with Gasteiger partial charge in [0.1, 0.15) is 6.04 Å². The van der Waals surface area contributed by atoms with Crippen molar-refractivity contribution in [1.82, 2.24) is 4.72 Å². The summed E-state index contributed by atoms with van der Waals surface area (Å²) in [6, 6.07) is 11.1. The second-order valence-corrected chi connectivity index (χ2v) is 8.34. The summed E-state index contributed by atoms with van der Waals surface area (Å²) in [6.07, 6.45) is 0. The van der Waals surface area contributed by atoms with E-state index >= 15 is 0 Å². The molecule has 6 nitrogen and oxygen atoms in total. The molecule has 0 aliphatic heterocycles. The lowest BCUT2D eigenvalue weighted by Gasteiger charge is -2.23. The van der Waals surface area contributed by atoms with Gasteiger partial charge in [0.15, 0.2) is 0 Å². The van der Waals surface area contributed by atoms with Gasteiger partial charge in [0, 0.05) is 0 Å². The zero-order valence-corrected chi connectivity index (χ0v) is 15.6. The number of nitrogens with one attached hydrogen (secondary N) is 1. The normalized spacial score (nSPS) is 13.6. The van der Waals surface area contributed by atoms with E-state index < -0.39 is 27.6 Å². The highest BCUT2D eigenvalue weighted by atomic mass is 32.2. The van der Waals surface area contributed by atoms with Crippen LogP contribution in [-0.4, -0.2) is 39.7 Å². The number of sulfonamides is 1. The zero-order valence-electron chi connectivity index (χ0n) is 14.8. The lowest BCUT2D eigenvalue weighted by Crippen LogP contribution is -2.46. The maximum Gasteiger partial charge on any atom is 0.326 e. The van der Waals surface area contributed by atoms with E-state index in [0.717, 1.165) is 10.8 Å². The number of fused-ring (bicyclic) bond motifs is 1. The fraction of sp³-hybridized carbons (Fsp3) is 0.389. The first-order chi connectivity index (χ1) is 11.6. The van der Waals surface area contributed by atoms with Crippen molar-refractivity contribution in [3.63, 3.8) is 0 Å². The maximum atomic E-state index is 12.7. The Morgan fingerprint density at radius 2 is 1.76 bits per heavy atom. The van der Waals surface area contributed by atoms with Gasteiger partial charge < -0.3 is 9.47 Å². The van der Waals surface area contributed by atoms with Gasteiger partial charge in [-0.1, -0.05) is 30.3 Å². The Kier molecular flexibility index (Phi) is 5.82. The van der Waals surface area contributed by atoms with Crippen LogP contribution in [-0.2, 0) is 24.3 Å². The lowest BCUT2D eigenvalue weighted by atomic mass is 10.1. The summed E-state index contributed by atoms with van der Waals surface area (Å²) in [5.74, 6) is -0.700. The number of hydrogen-bond donors (Lipinski definition) is 1. The summed E-state index contributed by atoms with van der Waals surface area (Å²) in [6.45, 7) is 5.33. The number of esters is 1. The van der Waals surface area contributed by atoms with E-state index in [2.05, 4.69) is 9.46 Å². The highest BCUT2D eigenvalue weighted by Crippen LogP contribution is 2.19. The predicted octanol–water partition coefficient (Wildman–Crippen LogP) is 2.47. The smallest absolute Gasteiger partial charge is 0.326 e. The molecule has 0 fully saturated rings. The molecule has 1 N–H and O–H groups in total. The van der Waals surface area contributed by atoms with E-state index in [1.54, 1.807) is 12.1 Å². The van der Waals surface area contributed by atoms with Crippen LogP contribution in [0.4, 0.5) is 0 Å². The van der Waals surface area contributed by atoms with E-state index in [-0.39, 0.29) is 11.5 Å². The standard InChI is InChI=1S/C18H23NO5S/c1-18(2,3)24-12-16(17(20)23-4)19-25(21,22)15-10-9-13-7-5-6-8-14(13)11-15/h5-11,16,19H,12H2,1-4H3. The molecule has 0 saturated carbocycles. The monoisotopic (exact) mass is 365 g/mol. The fourth-order valence-corrected chi connectivity index (χ4v) is 3.42. The van der Waals surface area contributed by atoms with Crippen molar-refractivity contribution in [2.24, 2.45) is 0 Å². The quantitative estimate of drug-likeness (QED) is 0.796. The Morgan fingerprint density at radius 3 is 2.36 bits per heavy atom. The molecule has 7 heteroatoms. The van der Waals surface area contributed by atoms with Crippen LogP contribution in [0.5, 0.6) is 0 Å². The first-order valence-electron chi connectivity index (χ1n) is 7.85. The SMILES string of the molecule is COC(=O)C(COC(C)(C)C)NS(=O)(=O)c1ccc2ccccc2c1. The minimum absolute atomic E-state index is 0.0795. The molecule has 1 atom stereocenters. The van der Waals surface area contributed by atoms with Crippen molar-refractivity contribution in [3.05, 3.63) is 42.5 Å². The van der Waals surface area contributed by atoms with Crippen LogP contribution in [0.3, 0.4) is 0 Å². The summed E-state index contributed by atoms with van der Waals surface area (Å²) in [5.41, 5.74) is -0.513. The van der Waals surface area contributed by atoms with E-state index in [0.29, 0.717) is 0 Å². The minimum Gasteiger partial charge on any atom is -0.468 e. The Balaban J connectivity index is 2.26. The number of carbonyl (C=O) groups excluding carboxylic acids is 1. The Morgan fingerprint density at radius 1 is 1.12 bits per heavy atom. The molecule has 25 heavy (non-hydrogen) atoms. The van der Waals surface area contributed by atoms with E-state index in [1.807, 2.05) is 45.0 Å². The fourth-order valence-electron chi connectivity index (χ4n) is 2.22. The number of benzene rings is 2. The molecule has 0 saturated heterocycles. The molecule has 0 aromatic heterocycles. The molecule has 0 bridgehead atoms. The molecule has 0 aliphatic rings. The first-order valence-corrected chi connectivity index (χ1v) is 9.34. The van der Waals surface area contributed by atoms with Crippen LogP contribution < -0.4 is 4.72 Å². The van der Waals surface area contributed by atoms with Crippen molar-refractivity contribution in [2.45, 2.75) is 37.3 Å². The van der Waals surface area contributed by atoms with Crippen molar-refractivity contribution >= 4 is 26.8 Å². The van der Waals surface area contributed by atoms with Crippen LogP contribution in [0.1, 0.15) is 20.8 Å². The summed E-state index contributed by atoms with van der Waals surface area (Å²) < 4.78 is 37.9. The second-order valence-electron chi connectivity index (χ2n) is 6.63. The average Bonchev–Trinajstić information content (AvgIpc) is 2.56. The molecule has 136 valence electrons. The van der Waals surface area contributed by atoms with Crippen molar-refractivity contribution < 1.29 is 22.7 Å². The van der Waals surface area contributed by atoms with Gasteiger partial charge in [-0.05, 0) is 43.7 Å². The number of methoxy groups -OCH3 is 1. The van der Waals surface area contributed by atoms with Crippen LogP contribution in [0.2, 0.25) is 0 Å². The number of carbonyl (C=O) groups is 1. The van der Waals surface area contributed by atoms with E-state index in [9.17, 15) is 13.2 Å². The number of rotatable bonds is 6. The molecule has 0 radical (unpaired) electrons. The Bertz CT molecular complexity index is 855. The molecule has 0 spiro atoms. The molecule has 0 heterocycles. The van der Waals surface area contributed by atoms with Crippen molar-refractivity contribution in [1.29, 1.82) is 0 Å². The molecule has 2 aromatic rings. The van der Waals surface area contributed by atoms with Crippen LogP contribution in [0.15, 0.2) is 47.4 Å². The van der Waals surface area contributed by atoms with Crippen LogP contribution in [0, 0.1) is 0 Å².